The Hall–Kier alpha value is -4.75. The molecule has 3 atom stereocenters. The molecule has 2 aliphatic rings. The van der Waals surface area contributed by atoms with Crippen LogP contribution in [0.25, 0.3) is 0 Å². The predicted octanol–water partition coefficient (Wildman–Crippen LogP) is 4.26. The van der Waals surface area contributed by atoms with Gasteiger partial charge in [0.05, 0.1) is 28.7 Å². The number of anilines is 2. The van der Waals surface area contributed by atoms with Crippen molar-refractivity contribution < 1.29 is 24.0 Å². The van der Waals surface area contributed by atoms with Gasteiger partial charge in [-0.1, -0.05) is 53.4 Å². The Kier molecular flexibility index (Phi) is 7.12. The third-order valence-corrected chi connectivity index (χ3v) is 9.81. The maximum absolute atomic E-state index is 13.9. The number of nitro groups is 1. The molecule has 0 unspecified atom stereocenters. The second-order valence-corrected chi connectivity index (χ2v) is 11.8. The molecule has 13 heteroatoms. The molecule has 0 radical (unpaired) electrons. The largest absolute Gasteiger partial charge is 0.497 e. The fraction of sp³-hybridized carbons (Fsp3) is 0.172. The van der Waals surface area contributed by atoms with Gasteiger partial charge in [-0.15, -0.1) is 0 Å². The van der Waals surface area contributed by atoms with E-state index in [0.29, 0.717) is 21.3 Å². The molecule has 3 heterocycles. The highest BCUT2D eigenvalue weighted by atomic mass is 32.2. The zero-order chi connectivity index (χ0) is 29.5. The summed E-state index contributed by atoms with van der Waals surface area (Å²) in [5, 5.41) is 13.5. The number of rotatable bonds is 7. The van der Waals surface area contributed by atoms with Gasteiger partial charge in [-0.3, -0.25) is 33.9 Å². The summed E-state index contributed by atoms with van der Waals surface area (Å²) in [5.41, 5.74) is 1.36. The molecule has 0 saturated carbocycles. The molecule has 11 nitrogen and oxygen atoms in total. The number of imide groups is 1. The predicted molar refractivity (Wildman–Crippen MR) is 157 cm³/mol. The number of nitro benzene ring substituents is 1. The summed E-state index contributed by atoms with van der Waals surface area (Å²) in [5.74, 6) is -2.14. The maximum Gasteiger partial charge on any atom is 0.308 e. The third-order valence-electron chi connectivity index (χ3n) is 7.20. The number of nitrogens with one attached hydrogen (secondary N) is 1. The minimum Gasteiger partial charge on any atom is -0.497 e. The number of thiazole rings is 1. The number of amides is 3. The van der Waals surface area contributed by atoms with Crippen molar-refractivity contribution in [2.75, 3.05) is 17.3 Å². The number of fused-ring (bicyclic) bond motifs is 2. The second kappa shape index (κ2) is 10.9. The van der Waals surface area contributed by atoms with Gasteiger partial charge in [0.2, 0.25) is 17.7 Å². The summed E-state index contributed by atoms with van der Waals surface area (Å²) in [6, 6.07) is 21.2. The van der Waals surface area contributed by atoms with Crippen molar-refractivity contribution in [1.29, 1.82) is 0 Å². The number of non-ortho nitro benzene ring substituents is 1. The Balaban J connectivity index is 1.36. The number of thioether (sulfide) groups is 1. The topological polar surface area (TPSA) is 141 Å². The Labute approximate surface area is 246 Å². The first kappa shape index (κ1) is 27.4. The maximum atomic E-state index is 13.9. The van der Waals surface area contributed by atoms with E-state index in [9.17, 15) is 29.3 Å². The molecule has 2 aliphatic heterocycles. The van der Waals surface area contributed by atoms with Crippen LogP contribution in [0, 0.1) is 16.0 Å². The number of hydrogen-bond donors (Lipinski definition) is 1. The van der Waals surface area contributed by atoms with E-state index in [1.807, 2.05) is 30.3 Å². The fourth-order valence-electron chi connectivity index (χ4n) is 5.27. The number of benzene rings is 3. The van der Waals surface area contributed by atoms with Gasteiger partial charge in [0, 0.05) is 28.6 Å². The molecular formula is C29H22N4O7S2. The van der Waals surface area contributed by atoms with Crippen molar-refractivity contribution in [3.8, 4) is 5.75 Å². The molecule has 3 aromatic carbocycles. The summed E-state index contributed by atoms with van der Waals surface area (Å²) >= 11 is 2.06. The standard InChI is InChI=1S/C29H22N4O7S2/c1-40-20-13-7-17(8-14-20)30-21(34)15-31-28-25(42-29(31)37)22(16-5-3-2-4-6-16)23-24(41-28)27(36)32(26(23)35)18-9-11-19(12-10-18)33(38)39/h2-14,22-24H,15H2,1H3,(H,30,34)/t22-,23+,24-/m0/s1. The van der Waals surface area contributed by atoms with Crippen molar-refractivity contribution in [1.82, 2.24) is 4.57 Å². The second-order valence-electron chi connectivity index (χ2n) is 9.64. The molecule has 0 spiro atoms. The number of methoxy groups -OCH3 is 1. The quantitative estimate of drug-likeness (QED) is 0.188. The summed E-state index contributed by atoms with van der Waals surface area (Å²) in [7, 11) is 1.54. The van der Waals surface area contributed by atoms with Crippen LogP contribution in [0.5, 0.6) is 5.75 Å². The van der Waals surface area contributed by atoms with Gasteiger partial charge in [0.1, 0.15) is 17.5 Å². The van der Waals surface area contributed by atoms with Gasteiger partial charge in [-0.2, -0.15) is 0 Å². The van der Waals surface area contributed by atoms with E-state index in [0.717, 1.165) is 33.6 Å². The molecule has 0 aliphatic carbocycles. The highest BCUT2D eigenvalue weighted by Crippen LogP contribution is 2.53. The number of hydrogen-bond acceptors (Lipinski definition) is 9. The average molecular weight is 603 g/mol. The molecule has 212 valence electrons. The first-order chi connectivity index (χ1) is 20.3. The number of nitrogens with zero attached hydrogens (tertiary/aromatic N) is 3. The van der Waals surface area contributed by atoms with E-state index < -0.39 is 39.7 Å². The molecule has 0 bridgehead atoms. The lowest BCUT2D eigenvalue weighted by Crippen LogP contribution is -2.33. The van der Waals surface area contributed by atoms with Crippen molar-refractivity contribution in [3.63, 3.8) is 0 Å². The number of aromatic nitrogens is 1. The molecule has 4 aromatic rings. The van der Waals surface area contributed by atoms with Crippen molar-refractivity contribution >= 4 is 57.9 Å². The van der Waals surface area contributed by atoms with Crippen LogP contribution in [0.4, 0.5) is 17.1 Å². The highest BCUT2D eigenvalue weighted by molar-refractivity contribution is 8.00. The summed E-state index contributed by atoms with van der Waals surface area (Å²) < 4.78 is 6.49. The molecular weight excluding hydrogens is 580 g/mol. The van der Waals surface area contributed by atoms with Gasteiger partial charge >= 0.3 is 4.87 Å². The lowest BCUT2D eigenvalue weighted by molar-refractivity contribution is -0.384. The smallest absolute Gasteiger partial charge is 0.308 e. The zero-order valence-electron chi connectivity index (χ0n) is 22.0. The molecule has 1 saturated heterocycles. The van der Waals surface area contributed by atoms with Crippen LogP contribution in [0.3, 0.4) is 0 Å². The Morgan fingerprint density at radius 3 is 2.31 bits per heavy atom. The van der Waals surface area contributed by atoms with E-state index in [1.54, 1.807) is 31.4 Å². The molecule has 42 heavy (non-hydrogen) atoms. The van der Waals surface area contributed by atoms with Gasteiger partial charge in [-0.25, -0.2) is 4.90 Å². The van der Waals surface area contributed by atoms with Gasteiger partial charge < -0.3 is 10.1 Å². The van der Waals surface area contributed by atoms with E-state index in [-0.39, 0.29) is 22.8 Å². The number of carbonyl (C=O) groups is 3. The van der Waals surface area contributed by atoms with Crippen LogP contribution in [0.2, 0.25) is 0 Å². The lowest BCUT2D eigenvalue weighted by atomic mass is 9.83. The fourth-order valence-corrected chi connectivity index (χ4v) is 8.04. The molecule has 3 amide bonds. The monoisotopic (exact) mass is 602 g/mol. The Morgan fingerprint density at radius 1 is 0.976 bits per heavy atom. The van der Waals surface area contributed by atoms with Crippen molar-refractivity contribution in [3.05, 3.63) is 109 Å². The normalized spacial score (nSPS) is 19.3. The van der Waals surface area contributed by atoms with Crippen LogP contribution < -0.4 is 19.8 Å². The van der Waals surface area contributed by atoms with Crippen LogP contribution in [0.15, 0.2) is 88.7 Å². The number of carbonyl (C=O) groups excluding carboxylic acids is 3. The van der Waals surface area contributed by atoms with Gasteiger partial charge in [0.15, 0.2) is 0 Å². The van der Waals surface area contributed by atoms with Gasteiger partial charge in [-0.05, 0) is 42.0 Å². The summed E-state index contributed by atoms with van der Waals surface area (Å²) in [6.07, 6.45) is 0. The minimum absolute atomic E-state index is 0.161. The van der Waals surface area contributed by atoms with Crippen LogP contribution in [0.1, 0.15) is 16.4 Å². The first-order valence-electron chi connectivity index (χ1n) is 12.8. The highest BCUT2D eigenvalue weighted by Gasteiger charge is 2.56. The van der Waals surface area contributed by atoms with E-state index in [1.165, 1.54) is 28.8 Å². The Bertz CT molecular complexity index is 1770. The summed E-state index contributed by atoms with van der Waals surface area (Å²) in [4.78, 5) is 65.8. The molecule has 6 rings (SSSR count). The van der Waals surface area contributed by atoms with Crippen LogP contribution >= 0.6 is 23.1 Å². The molecule has 1 aromatic heterocycles. The lowest BCUT2D eigenvalue weighted by Gasteiger charge is -2.30. The average Bonchev–Trinajstić information content (AvgIpc) is 3.44. The number of ether oxygens (including phenoxy) is 1. The van der Waals surface area contributed by atoms with Crippen molar-refractivity contribution in [2.24, 2.45) is 5.92 Å². The SMILES string of the molecule is COc1ccc(NC(=O)Cn2c3c(sc2=O)[C@@H](c2ccccc2)[C@H]2C(=O)N(c4ccc([N+](=O)[O-])cc4)C(=O)[C@H]2S3)cc1. The minimum atomic E-state index is -0.865. The van der Waals surface area contributed by atoms with E-state index >= 15 is 0 Å². The van der Waals surface area contributed by atoms with Gasteiger partial charge in [0.25, 0.3) is 5.69 Å². The van der Waals surface area contributed by atoms with Crippen LogP contribution in [-0.4, -0.2) is 39.6 Å². The first-order valence-corrected chi connectivity index (χ1v) is 14.5. The van der Waals surface area contributed by atoms with Crippen LogP contribution in [-0.2, 0) is 20.9 Å². The van der Waals surface area contributed by atoms with E-state index in [2.05, 4.69) is 5.32 Å². The molecule has 1 N–H and O–H groups in total. The van der Waals surface area contributed by atoms with Crippen molar-refractivity contribution in [2.45, 2.75) is 22.7 Å². The zero-order valence-corrected chi connectivity index (χ0v) is 23.6. The third kappa shape index (κ3) is 4.76. The molecule has 1 fully saturated rings. The summed E-state index contributed by atoms with van der Waals surface area (Å²) in [6.45, 7) is -0.281. The van der Waals surface area contributed by atoms with E-state index in [4.69, 9.17) is 4.74 Å². The Morgan fingerprint density at radius 2 is 1.67 bits per heavy atom.